The lowest BCUT2D eigenvalue weighted by Gasteiger charge is -2.01. The molecule has 124 valence electrons. The predicted molar refractivity (Wildman–Crippen MR) is 88.0 cm³/mol. The van der Waals surface area contributed by atoms with Gasteiger partial charge in [-0.3, -0.25) is 0 Å². The highest BCUT2D eigenvalue weighted by Crippen LogP contribution is 2.33. The van der Waals surface area contributed by atoms with Gasteiger partial charge in [0.15, 0.2) is 17.2 Å². The number of hydrogen-bond donors (Lipinski definition) is 0. The van der Waals surface area contributed by atoms with E-state index in [2.05, 4.69) is 11.1 Å². The number of nitriles is 1. The molecule has 0 spiro atoms. The van der Waals surface area contributed by atoms with Gasteiger partial charge in [0.1, 0.15) is 11.8 Å². The molecule has 2 aliphatic heterocycles. The molecule has 2 aromatic rings. The summed E-state index contributed by atoms with van der Waals surface area (Å²) < 4.78 is 17.6. The smallest absolute Gasteiger partial charge is 0.363 e. The number of nitrogens with zero attached hydrogens (tertiary/aromatic N) is 3. The van der Waals surface area contributed by atoms with Gasteiger partial charge >= 0.3 is 5.97 Å². The van der Waals surface area contributed by atoms with Crippen LogP contribution < -0.4 is 9.47 Å². The minimum atomic E-state index is -0.533. The first kappa shape index (κ1) is 15.0. The number of aromatic nitrogens is 1. The zero-order chi connectivity index (χ0) is 17.6. The van der Waals surface area contributed by atoms with Crippen LogP contribution >= 0.6 is 0 Å². The van der Waals surface area contributed by atoms with Crippen molar-refractivity contribution in [3.8, 4) is 17.6 Å². The molecule has 0 unspecified atom stereocenters. The van der Waals surface area contributed by atoms with Gasteiger partial charge in [-0.2, -0.15) is 5.26 Å². The lowest BCUT2D eigenvalue weighted by atomic mass is 10.2. The van der Waals surface area contributed by atoms with Crippen molar-refractivity contribution in [3.63, 3.8) is 0 Å². The number of esters is 1. The number of aliphatic imine (C=N–C) groups is 1. The van der Waals surface area contributed by atoms with Gasteiger partial charge in [0.25, 0.3) is 0 Å². The lowest BCUT2D eigenvalue weighted by molar-refractivity contribution is -0.129. The van der Waals surface area contributed by atoms with Crippen molar-refractivity contribution >= 4 is 17.9 Å². The number of benzene rings is 1. The Morgan fingerprint density at radius 3 is 2.84 bits per heavy atom. The highest BCUT2D eigenvalue weighted by molar-refractivity contribution is 6.13. The Bertz CT molecular complexity index is 1010. The fourth-order valence-electron chi connectivity index (χ4n) is 2.69. The molecule has 0 N–H and O–H groups in total. The molecule has 1 aromatic carbocycles. The highest BCUT2D eigenvalue weighted by atomic mass is 16.7. The lowest BCUT2D eigenvalue weighted by Crippen LogP contribution is -2.05. The van der Waals surface area contributed by atoms with Crippen LogP contribution in [0.4, 0.5) is 0 Å². The first-order valence-corrected chi connectivity index (χ1v) is 7.56. The van der Waals surface area contributed by atoms with Crippen molar-refractivity contribution in [2.45, 2.75) is 6.92 Å². The van der Waals surface area contributed by atoms with E-state index in [1.54, 1.807) is 42.0 Å². The topological polar surface area (TPSA) is 85.8 Å². The van der Waals surface area contributed by atoms with Crippen LogP contribution in [0.25, 0.3) is 6.08 Å². The number of rotatable bonds is 2. The number of cyclic esters (lactones) is 1. The van der Waals surface area contributed by atoms with Crippen LogP contribution in [-0.2, 0) is 16.6 Å². The van der Waals surface area contributed by atoms with Crippen molar-refractivity contribution in [1.82, 2.24) is 4.57 Å². The second-order valence-corrected chi connectivity index (χ2v) is 5.65. The molecule has 0 aliphatic carbocycles. The van der Waals surface area contributed by atoms with Crippen molar-refractivity contribution < 1.29 is 19.0 Å². The van der Waals surface area contributed by atoms with Gasteiger partial charge in [-0.05, 0) is 42.8 Å². The fourth-order valence-corrected chi connectivity index (χ4v) is 2.69. The van der Waals surface area contributed by atoms with E-state index in [0.717, 1.165) is 11.3 Å². The minimum absolute atomic E-state index is 0.171. The van der Waals surface area contributed by atoms with E-state index in [9.17, 15) is 4.79 Å². The first-order chi connectivity index (χ1) is 12.1. The van der Waals surface area contributed by atoms with E-state index >= 15 is 0 Å². The number of carbonyl (C=O) groups excluding carboxylic acids is 1. The van der Waals surface area contributed by atoms with Crippen molar-refractivity contribution in [3.05, 3.63) is 52.5 Å². The van der Waals surface area contributed by atoms with Crippen LogP contribution in [0.2, 0.25) is 0 Å². The summed E-state index contributed by atoms with van der Waals surface area (Å²) in [6, 6.07) is 9.04. The van der Waals surface area contributed by atoms with Crippen LogP contribution in [0, 0.1) is 18.3 Å². The van der Waals surface area contributed by atoms with E-state index in [0.29, 0.717) is 22.8 Å². The summed E-state index contributed by atoms with van der Waals surface area (Å²) in [5.74, 6) is 0.915. The Labute approximate surface area is 143 Å². The zero-order valence-electron chi connectivity index (χ0n) is 13.6. The van der Waals surface area contributed by atoms with E-state index in [1.807, 2.05) is 6.92 Å². The van der Waals surface area contributed by atoms with Crippen molar-refractivity contribution in [2.24, 2.45) is 12.0 Å². The molecule has 0 amide bonds. The maximum Gasteiger partial charge on any atom is 0.363 e. The number of ether oxygens (including phenoxy) is 3. The summed E-state index contributed by atoms with van der Waals surface area (Å²) in [5, 5.41) is 9.10. The average molecular weight is 335 g/mol. The maximum atomic E-state index is 12.1. The summed E-state index contributed by atoms with van der Waals surface area (Å²) in [5.41, 5.74) is 2.94. The van der Waals surface area contributed by atoms with Crippen LogP contribution in [0.1, 0.15) is 22.5 Å². The molecular formula is C18H13N3O4. The summed E-state index contributed by atoms with van der Waals surface area (Å²) in [6.45, 7) is 2.04. The first-order valence-electron chi connectivity index (χ1n) is 7.56. The summed E-state index contributed by atoms with van der Waals surface area (Å²) >= 11 is 0. The SMILES string of the molecule is Cc1c(/C=C2/N=C(c3ccc4c(c3)OCO4)OC2=O)cc(C#N)n1C. The third-order valence-electron chi connectivity index (χ3n) is 4.22. The van der Waals surface area contributed by atoms with Gasteiger partial charge in [-0.15, -0.1) is 0 Å². The Hall–Kier alpha value is -3.53. The standard InChI is InChI=1S/C18H13N3O4/c1-10-12(5-13(8-19)21(10)2)6-14-18(22)25-17(20-14)11-3-4-15-16(7-11)24-9-23-15/h3-7H,9H2,1-2H3/b14-6+. The molecule has 0 saturated carbocycles. The van der Waals surface area contributed by atoms with Gasteiger partial charge in [0, 0.05) is 18.3 Å². The molecule has 7 nitrogen and oxygen atoms in total. The molecule has 0 fully saturated rings. The van der Waals surface area contributed by atoms with Crippen molar-refractivity contribution in [2.75, 3.05) is 6.79 Å². The number of fused-ring (bicyclic) bond motifs is 1. The molecule has 0 bridgehead atoms. The summed E-state index contributed by atoms with van der Waals surface area (Å²) in [4.78, 5) is 16.4. The van der Waals surface area contributed by atoms with Crippen LogP contribution in [-0.4, -0.2) is 23.2 Å². The van der Waals surface area contributed by atoms with Gasteiger partial charge in [0.05, 0.1) is 0 Å². The summed E-state index contributed by atoms with van der Waals surface area (Å²) in [6.07, 6.45) is 1.62. The highest BCUT2D eigenvalue weighted by Gasteiger charge is 2.26. The fraction of sp³-hybridized carbons (Fsp3) is 0.167. The van der Waals surface area contributed by atoms with Gasteiger partial charge in [-0.1, -0.05) is 0 Å². The number of carbonyl (C=O) groups is 1. The Morgan fingerprint density at radius 2 is 2.08 bits per heavy atom. The normalized spacial score (nSPS) is 16.8. The van der Waals surface area contributed by atoms with Crippen molar-refractivity contribution in [1.29, 1.82) is 5.26 Å². The zero-order valence-corrected chi connectivity index (χ0v) is 13.6. The van der Waals surface area contributed by atoms with E-state index in [-0.39, 0.29) is 18.4 Å². The summed E-state index contributed by atoms with van der Waals surface area (Å²) in [7, 11) is 1.80. The Balaban J connectivity index is 1.70. The molecule has 1 aromatic heterocycles. The Morgan fingerprint density at radius 1 is 1.28 bits per heavy atom. The monoisotopic (exact) mass is 335 g/mol. The molecule has 0 atom stereocenters. The largest absolute Gasteiger partial charge is 0.454 e. The second-order valence-electron chi connectivity index (χ2n) is 5.65. The molecule has 0 radical (unpaired) electrons. The van der Waals surface area contributed by atoms with Crippen LogP contribution in [0.15, 0.2) is 35.0 Å². The molecule has 7 heteroatoms. The quantitative estimate of drug-likeness (QED) is 0.621. The average Bonchev–Trinajstić information content (AvgIpc) is 3.29. The van der Waals surface area contributed by atoms with Crippen LogP contribution in [0.5, 0.6) is 11.5 Å². The third kappa shape index (κ3) is 2.44. The molecule has 4 rings (SSSR count). The van der Waals surface area contributed by atoms with Gasteiger partial charge in [0.2, 0.25) is 12.7 Å². The second kappa shape index (κ2) is 5.53. The predicted octanol–water partition coefficient (Wildman–Crippen LogP) is 2.28. The maximum absolute atomic E-state index is 12.1. The molecule has 25 heavy (non-hydrogen) atoms. The van der Waals surface area contributed by atoms with E-state index < -0.39 is 5.97 Å². The Kier molecular flexibility index (Phi) is 3.32. The molecule has 2 aliphatic rings. The number of hydrogen-bond acceptors (Lipinski definition) is 6. The van der Waals surface area contributed by atoms with E-state index in [1.165, 1.54) is 0 Å². The third-order valence-corrected chi connectivity index (χ3v) is 4.22. The molecular weight excluding hydrogens is 322 g/mol. The van der Waals surface area contributed by atoms with E-state index in [4.69, 9.17) is 19.5 Å². The molecule has 3 heterocycles. The van der Waals surface area contributed by atoms with Gasteiger partial charge in [-0.25, -0.2) is 9.79 Å². The van der Waals surface area contributed by atoms with Gasteiger partial charge < -0.3 is 18.8 Å². The van der Waals surface area contributed by atoms with Crippen LogP contribution in [0.3, 0.4) is 0 Å². The minimum Gasteiger partial charge on any atom is -0.454 e. The molecule has 0 saturated heterocycles.